The van der Waals surface area contributed by atoms with Crippen LogP contribution in [0.1, 0.15) is 25.7 Å². The Labute approximate surface area is 131 Å². The normalized spacial score (nSPS) is 23.4. The minimum absolute atomic E-state index is 0.0652. The first kappa shape index (κ1) is 15.6. The average Bonchev–Trinajstić information content (AvgIpc) is 2.41. The van der Waals surface area contributed by atoms with Crippen LogP contribution in [-0.2, 0) is 10.0 Å². The molecule has 0 radical (unpaired) electrons. The van der Waals surface area contributed by atoms with Crippen molar-refractivity contribution in [1.29, 1.82) is 0 Å². The van der Waals surface area contributed by atoms with Gasteiger partial charge in [-0.15, -0.1) is 0 Å². The van der Waals surface area contributed by atoms with Crippen LogP contribution in [0.5, 0.6) is 0 Å². The van der Waals surface area contributed by atoms with Crippen LogP contribution in [-0.4, -0.2) is 23.3 Å². The standard InChI is InChI=1S/C12H15IN2O4S/c13-11-3-1-2-4-12(11)14-20(18,19)10-7-5-9(6-8-10)15(16)17/h5-8,11-12,14H,1-4H2. The van der Waals surface area contributed by atoms with E-state index >= 15 is 0 Å². The first-order valence-electron chi connectivity index (χ1n) is 6.31. The van der Waals surface area contributed by atoms with Crippen LogP contribution in [0, 0.1) is 10.1 Å². The Morgan fingerprint density at radius 3 is 2.35 bits per heavy atom. The van der Waals surface area contributed by atoms with E-state index in [0.717, 1.165) is 25.7 Å². The highest BCUT2D eigenvalue weighted by Gasteiger charge is 2.27. The Morgan fingerprint density at radius 2 is 1.80 bits per heavy atom. The highest BCUT2D eigenvalue weighted by atomic mass is 127. The Hall–Kier alpha value is -0.740. The number of non-ortho nitro benzene ring substituents is 1. The van der Waals surface area contributed by atoms with Gasteiger partial charge >= 0.3 is 0 Å². The molecule has 1 aliphatic carbocycles. The zero-order valence-corrected chi connectivity index (χ0v) is 13.6. The predicted octanol–water partition coefficient (Wildman–Crippen LogP) is 2.62. The molecule has 0 bridgehead atoms. The first-order chi connectivity index (χ1) is 9.40. The molecule has 1 aliphatic rings. The molecule has 0 spiro atoms. The van der Waals surface area contributed by atoms with Gasteiger partial charge in [0.05, 0.1) is 9.82 Å². The summed E-state index contributed by atoms with van der Waals surface area (Å²) >= 11 is 2.28. The molecule has 2 atom stereocenters. The SMILES string of the molecule is O=[N+]([O-])c1ccc(S(=O)(=O)NC2CCCCC2I)cc1. The maximum atomic E-state index is 12.2. The summed E-state index contributed by atoms with van der Waals surface area (Å²) < 4.78 is 27.5. The van der Waals surface area contributed by atoms with E-state index in [2.05, 4.69) is 27.3 Å². The molecule has 1 saturated carbocycles. The van der Waals surface area contributed by atoms with Crippen molar-refractivity contribution in [2.24, 2.45) is 0 Å². The molecule has 20 heavy (non-hydrogen) atoms. The van der Waals surface area contributed by atoms with Crippen LogP contribution in [0.15, 0.2) is 29.2 Å². The van der Waals surface area contributed by atoms with E-state index in [4.69, 9.17) is 0 Å². The molecule has 1 aromatic rings. The van der Waals surface area contributed by atoms with Crippen molar-refractivity contribution in [3.63, 3.8) is 0 Å². The van der Waals surface area contributed by atoms with Gasteiger partial charge < -0.3 is 0 Å². The topological polar surface area (TPSA) is 89.3 Å². The fourth-order valence-electron chi connectivity index (χ4n) is 2.23. The van der Waals surface area contributed by atoms with Gasteiger partial charge in [0.1, 0.15) is 0 Å². The quantitative estimate of drug-likeness (QED) is 0.358. The molecule has 8 heteroatoms. The van der Waals surface area contributed by atoms with Gasteiger partial charge in [-0.1, -0.05) is 35.4 Å². The molecule has 0 heterocycles. The molecular weight excluding hydrogens is 395 g/mol. The summed E-state index contributed by atoms with van der Waals surface area (Å²) in [5.74, 6) is 0. The lowest BCUT2D eigenvalue weighted by molar-refractivity contribution is -0.384. The summed E-state index contributed by atoms with van der Waals surface area (Å²) in [6.45, 7) is 0. The summed E-state index contributed by atoms with van der Waals surface area (Å²) in [6.07, 6.45) is 3.99. The molecule has 110 valence electrons. The van der Waals surface area contributed by atoms with E-state index in [1.54, 1.807) is 0 Å². The highest BCUT2D eigenvalue weighted by molar-refractivity contribution is 14.1. The largest absolute Gasteiger partial charge is 0.269 e. The molecule has 1 fully saturated rings. The van der Waals surface area contributed by atoms with E-state index in [-0.39, 0.29) is 20.5 Å². The molecule has 1 N–H and O–H groups in total. The van der Waals surface area contributed by atoms with E-state index in [1.165, 1.54) is 24.3 Å². The molecular formula is C12H15IN2O4S. The van der Waals surface area contributed by atoms with Gasteiger partial charge in [0.2, 0.25) is 10.0 Å². The van der Waals surface area contributed by atoms with Crippen LogP contribution in [0.2, 0.25) is 0 Å². The minimum atomic E-state index is -3.61. The Bertz CT molecular complexity index is 588. The van der Waals surface area contributed by atoms with Gasteiger partial charge in [0.15, 0.2) is 0 Å². The summed E-state index contributed by atoms with van der Waals surface area (Å²) in [4.78, 5) is 10.1. The van der Waals surface area contributed by atoms with Crippen molar-refractivity contribution in [2.75, 3.05) is 0 Å². The first-order valence-corrected chi connectivity index (χ1v) is 9.04. The fraction of sp³-hybridized carbons (Fsp3) is 0.500. The third-order valence-electron chi connectivity index (χ3n) is 3.35. The number of nitrogens with one attached hydrogen (secondary N) is 1. The van der Waals surface area contributed by atoms with Crippen molar-refractivity contribution >= 4 is 38.3 Å². The number of hydrogen-bond donors (Lipinski definition) is 1. The monoisotopic (exact) mass is 410 g/mol. The number of benzene rings is 1. The van der Waals surface area contributed by atoms with Gasteiger partial charge in [0, 0.05) is 22.1 Å². The molecule has 2 unspecified atom stereocenters. The van der Waals surface area contributed by atoms with Gasteiger partial charge in [-0.3, -0.25) is 10.1 Å². The lowest BCUT2D eigenvalue weighted by Crippen LogP contribution is -2.42. The Balaban J connectivity index is 2.15. The molecule has 6 nitrogen and oxygen atoms in total. The van der Waals surface area contributed by atoms with E-state index < -0.39 is 14.9 Å². The number of rotatable bonds is 4. The van der Waals surface area contributed by atoms with Crippen molar-refractivity contribution in [3.8, 4) is 0 Å². The van der Waals surface area contributed by atoms with Crippen LogP contribution in [0.25, 0.3) is 0 Å². The van der Waals surface area contributed by atoms with Gasteiger partial charge in [0.25, 0.3) is 5.69 Å². The Morgan fingerprint density at radius 1 is 1.20 bits per heavy atom. The fourth-order valence-corrected chi connectivity index (χ4v) is 4.77. The molecule has 0 aromatic heterocycles. The van der Waals surface area contributed by atoms with Crippen molar-refractivity contribution in [2.45, 2.75) is 40.5 Å². The zero-order chi connectivity index (χ0) is 14.8. The van der Waals surface area contributed by atoms with Crippen LogP contribution >= 0.6 is 22.6 Å². The van der Waals surface area contributed by atoms with E-state index in [1.807, 2.05) is 0 Å². The summed E-state index contributed by atoms with van der Waals surface area (Å²) in [5.41, 5.74) is -0.117. The van der Waals surface area contributed by atoms with E-state index in [0.29, 0.717) is 0 Å². The van der Waals surface area contributed by atoms with Crippen LogP contribution < -0.4 is 4.72 Å². The van der Waals surface area contributed by atoms with Gasteiger partial charge in [-0.2, -0.15) is 0 Å². The van der Waals surface area contributed by atoms with Crippen LogP contribution in [0.3, 0.4) is 0 Å². The third kappa shape index (κ3) is 3.67. The second kappa shape index (κ2) is 6.35. The lowest BCUT2D eigenvalue weighted by Gasteiger charge is -2.27. The predicted molar refractivity (Wildman–Crippen MR) is 83.5 cm³/mol. The number of nitrogens with zero attached hydrogens (tertiary/aromatic N) is 1. The summed E-state index contributed by atoms with van der Waals surface area (Å²) in [5, 5.41) is 10.6. The molecule has 1 aromatic carbocycles. The van der Waals surface area contributed by atoms with Crippen molar-refractivity contribution < 1.29 is 13.3 Å². The number of alkyl halides is 1. The number of halogens is 1. The Kier molecular flexibility index (Phi) is 4.97. The minimum Gasteiger partial charge on any atom is -0.258 e. The van der Waals surface area contributed by atoms with Crippen molar-refractivity contribution in [3.05, 3.63) is 34.4 Å². The van der Waals surface area contributed by atoms with Gasteiger partial charge in [-0.05, 0) is 25.0 Å². The second-order valence-corrected chi connectivity index (χ2v) is 8.09. The molecule has 0 saturated heterocycles. The maximum absolute atomic E-state index is 12.2. The number of nitro benzene ring substituents is 1. The van der Waals surface area contributed by atoms with Crippen molar-refractivity contribution in [1.82, 2.24) is 4.72 Å². The number of sulfonamides is 1. The molecule has 2 rings (SSSR count). The van der Waals surface area contributed by atoms with Crippen LogP contribution in [0.4, 0.5) is 5.69 Å². The average molecular weight is 410 g/mol. The third-order valence-corrected chi connectivity index (χ3v) is 6.34. The molecule has 0 amide bonds. The smallest absolute Gasteiger partial charge is 0.258 e. The highest BCUT2D eigenvalue weighted by Crippen LogP contribution is 2.26. The molecule has 0 aliphatic heterocycles. The lowest BCUT2D eigenvalue weighted by atomic mass is 9.96. The zero-order valence-electron chi connectivity index (χ0n) is 10.7. The summed E-state index contributed by atoms with van der Waals surface area (Å²) in [6, 6.07) is 4.88. The number of nitro groups is 1. The van der Waals surface area contributed by atoms with Gasteiger partial charge in [-0.25, -0.2) is 13.1 Å². The number of hydrogen-bond acceptors (Lipinski definition) is 4. The van der Waals surface area contributed by atoms with E-state index in [9.17, 15) is 18.5 Å². The maximum Gasteiger partial charge on any atom is 0.269 e. The second-order valence-electron chi connectivity index (χ2n) is 4.78. The summed E-state index contributed by atoms with van der Waals surface area (Å²) in [7, 11) is -3.61.